The van der Waals surface area contributed by atoms with E-state index in [1.54, 1.807) is 11.9 Å². The summed E-state index contributed by atoms with van der Waals surface area (Å²) in [6.45, 7) is 1.85. The topological polar surface area (TPSA) is 81.7 Å². The number of guanidine groups is 1. The molecular weight excluding hydrogens is 536 g/mol. The minimum atomic E-state index is -4.46. The zero-order chi connectivity index (χ0) is 22.3. The third-order valence-corrected chi connectivity index (χ3v) is 4.83. The van der Waals surface area contributed by atoms with Crippen LogP contribution in [0.1, 0.15) is 24.0 Å². The number of anilines is 2. The quantitative estimate of drug-likeness (QED) is 0.208. The van der Waals surface area contributed by atoms with Crippen molar-refractivity contribution >= 4 is 47.3 Å². The molecule has 1 saturated heterocycles. The number of benzene rings is 1. The maximum atomic E-state index is 13.0. The van der Waals surface area contributed by atoms with Crippen molar-refractivity contribution in [2.75, 3.05) is 36.9 Å². The minimum absolute atomic E-state index is 0. The largest absolute Gasteiger partial charge is 0.419 e. The summed E-state index contributed by atoms with van der Waals surface area (Å²) < 4.78 is 39.0. The second-order valence-corrected chi connectivity index (χ2v) is 6.99. The van der Waals surface area contributed by atoms with Crippen LogP contribution in [-0.4, -0.2) is 43.5 Å². The first-order valence-corrected chi connectivity index (χ1v) is 9.98. The number of hydrogen-bond donors (Lipinski definition) is 3. The van der Waals surface area contributed by atoms with Gasteiger partial charge in [0, 0.05) is 51.5 Å². The Balaban J connectivity index is 0.00000363. The zero-order valence-electron chi connectivity index (χ0n) is 17.6. The van der Waals surface area contributed by atoms with E-state index in [-0.39, 0.29) is 42.2 Å². The molecule has 1 aliphatic heterocycles. The monoisotopic (exact) mass is 562 g/mol. The first-order chi connectivity index (χ1) is 14.9. The first kappa shape index (κ1) is 25.7. The number of halogens is 4. The van der Waals surface area contributed by atoms with E-state index in [1.807, 2.05) is 24.3 Å². The van der Waals surface area contributed by atoms with Crippen LogP contribution in [0.2, 0.25) is 0 Å². The van der Waals surface area contributed by atoms with E-state index in [2.05, 4.69) is 25.9 Å². The van der Waals surface area contributed by atoms with Crippen molar-refractivity contribution in [1.29, 1.82) is 0 Å². The highest BCUT2D eigenvalue weighted by Crippen LogP contribution is 2.33. The number of hydrogen-bond acceptors (Lipinski definition) is 4. The minimum Gasteiger partial charge on any atom is -0.368 e. The number of nitrogens with zero attached hydrogens (tertiary/aromatic N) is 3. The molecule has 7 nitrogen and oxygen atoms in total. The molecule has 2 aromatic rings. The number of aliphatic imine (C=N–C) groups is 1. The van der Waals surface area contributed by atoms with Gasteiger partial charge in [0.2, 0.25) is 5.91 Å². The van der Waals surface area contributed by atoms with Crippen molar-refractivity contribution < 1.29 is 18.0 Å². The molecule has 174 valence electrons. The zero-order valence-corrected chi connectivity index (χ0v) is 19.9. The summed E-state index contributed by atoms with van der Waals surface area (Å²) >= 11 is 0. The molecule has 1 aliphatic rings. The van der Waals surface area contributed by atoms with Gasteiger partial charge >= 0.3 is 6.18 Å². The van der Waals surface area contributed by atoms with Gasteiger partial charge < -0.3 is 20.9 Å². The van der Waals surface area contributed by atoms with E-state index in [9.17, 15) is 18.0 Å². The van der Waals surface area contributed by atoms with E-state index >= 15 is 0 Å². The van der Waals surface area contributed by atoms with Crippen LogP contribution in [0, 0.1) is 0 Å². The Labute approximate surface area is 201 Å². The molecule has 32 heavy (non-hydrogen) atoms. The predicted molar refractivity (Wildman–Crippen MR) is 129 cm³/mol. The van der Waals surface area contributed by atoms with Crippen molar-refractivity contribution in [1.82, 2.24) is 15.6 Å². The number of alkyl halides is 3. The summed E-state index contributed by atoms with van der Waals surface area (Å²) in [5, 5.41) is 8.90. The fourth-order valence-electron chi connectivity index (χ4n) is 3.26. The molecule has 0 spiro atoms. The third kappa shape index (κ3) is 6.97. The lowest BCUT2D eigenvalue weighted by Gasteiger charge is -2.17. The lowest BCUT2D eigenvalue weighted by atomic mass is 10.2. The lowest BCUT2D eigenvalue weighted by Crippen LogP contribution is -2.39. The molecule has 0 atom stereocenters. The fourth-order valence-corrected chi connectivity index (χ4v) is 3.26. The van der Waals surface area contributed by atoms with Crippen molar-refractivity contribution in [3.63, 3.8) is 0 Å². The average Bonchev–Trinajstić information content (AvgIpc) is 3.19. The first-order valence-electron chi connectivity index (χ1n) is 9.98. The number of aromatic nitrogens is 1. The Hall–Kier alpha value is -2.57. The van der Waals surface area contributed by atoms with E-state index in [1.165, 1.54) is 12.3 Å². The molecule has 3 N–H and O–H groups in total. The average molecular weight is 562 g/mol. The van der Waals surface area contributed by atoms with Crippen LogP contribution >= 0.6 is 24.0 Å². The van der Waals surface area contributed by atoms with Gasteiger partial charge in [-0.3, -0.25) is 9.79 Å². The van der Waals surface area contributed by atoms with Gasteiger partial charge in [-0.25, -0.2) is 4.98 Å². The Kier molecular flexibility index (Phi) is 9.54. The van der Waals surface area contributed by atoms with Crippen LogP contribution < -0.4 is 20.9 Å². The highest BCUT2D eigenvalue weighted by atomic mass is 127. The lowest BCUT2D eigenvalue weighted by molar-refractivity contribution is -0.137. The molecule has 2 heterocycles. The second-order valence-electron chi connectivity index (χ2n) is 6.99. The van der Waals surface area contributed by atoms with Crippen molar-refractivity contribution in [3.8, 4) is 0 Å². The summed E-state index contributed by atoms with van der Waals surface area (Å²) in [6.07, 6.45) is -1.66. The number of carbonyl (C=O) groups excluding carboxylic acids is 1. The van der Waals surface area contributed by atoms with Crippen LogP contribution in [0.15, 0.2) is 47.6 Å². The molecule has 1 fully saturated rings. The number of pyridine rings is 1. The van der Waals surface area contributed by atoms with Crippen molar-refractivity contribution in [2.24, 2.45) is 4.99 Å². The molecule has 1 amide bonds. The molecule has 0 radical (unpaired) electrons. The Morgan fingerprint density at radius 3 is 2.53 bits per heavy atom. The Bertz CT molecular complexity index is 920. The highest BCUT2D eigenvalue weighted by Gasteiger charge is 2.33. The second kappa shape index (κ2) is 11.9. The van der Waals surface area contributed by atoms with Crippen molar-refractivity contribution in [2.45, 2.75) is 25.6 Å². The van der Waals surface area contributed by atoms with Gasteiger partial charge in [0.15, 0.2) is 5.96 Å². The fraction of sp³-hybridized carbons (Fsp3) is 0.381. The normalized spacial score (nSPS) is 14.2. The summed E-state index contributed by atoms with van der Waals surface area (Å²) in [4.78, 5) is 21.5. The van der Waals surface area contributed by atoms with Crippen LogP contribution in [-0.2, 0) is 17.5 Å². The van der Waals surface area contributed by atoms with Gasteiger partial charge in [-0.2, -0.15) is 13.2 Å². The molecule has 11 heteroatoms. The standard InChI is InChI=1S/C21H25F3N6O.HI/c1-25-20(28-12-11-27-19-17(21(22,23)24)4-2-10-26-19)29-14-15-6-8-16(9-7-15)30-13-3-5-18(30)31;/h2,4,6-10H,3,5,11-14H2,1H3,(H,26,27)(H2,25,28,29);1H. The highest BCUT2D eigenvalue weighted by molar-refractivity contribution is 14.0. The van der Waals surface area contributed by atoms with Gasteiger partial charge in [-0.1, -0.05) is 12.1 Å². The van der Waals surface area contributed by atoms with E-state index < -0.39 is 11.7 Å². The summed E-state index contributed by atoms with van der Waals surface area (Å²) in [5.41, 5.74) is 1.11. The molecule has 1 aromatic heterocycles. The summed E-state index contributed by atoms with van der Waals surface area (Å²) in [6, 6.07) is 9.99. The number of nitrogens with one attached hydrogen (secondary N) is 3. The van der Waals surface area contributed by atoms with E-state index in [4.69, 9.17) is 0 Å². The third-order valence-electron chi connectivity index (χ3n) is 4.83. The maximum Gasteiger partial charge on any atom is 0.419 e. The number of carbonyl (C=O) groups is 1. The molecule has 1 aromatic carbocycles. The van der Waals surface area contributed by atoms with Crippen molar-refractivity contribution in [3.05, 3.63) is 53.7 Å². The molecular formula is C21H26F3IN6O. The van der Waals surface area contributed by atoms with Gasteiger partial charge in [-0.15, -0.1) is 24.0 Å². The molecule has 3 rings (SSSR count). The SMILES string of the molecule is CN=C(NCCNc1ncccc1C(F)(F)F)NCc1ccc(N2CCCC2=O)cc1.I. The molecule has 0 unspecified atom stereocenters. The van der Waals surface area contributed by atoms with Gasteiger partial charge in [0.05, 0.1) is 5.56 Å². The van der Waals surface area contributed by atoms with Gasteiger partial charge in [0.25, 0.3) is 0 Å². The smallest absolute Gasteiger partial charge is 0.368 e. The maximum absolute atomic E-state index is 13.0. The van der Waals surface area contributed by atoms with Gasteiger partial charge in [0.1, 0.15) is 5.82 Å². The van der Waals surface area contributed by atoms with Crippen LogP contribution in [0.4, 0.5) is 24.7 Å². The number of rotatable bonds is 7. The Morgan fingerprint density at radius 2 is 1.91 bits per heavy atom. The van der Waals surface area contributed by atoms with Crippen LogP contribution in [0.3, 0.4) is 0 Å². The number of amides is 1. The summed E-state index contributed by atoms with van der Waals surface area (Å²) in [7, 11) is 1.62. The van der Waals surface area contributed by atoms with E-state index in [0.29, 0.717) is 25.5 Å². The van der Waals surface area contributed by atoms with Crippen LogP contribution in [0.25, 0.3) is 0 Å². The molecule has 0 saturated carbocycles. The molecule has 0 bridgehead atoms. The summed E-state index contributed by atoms with van der Waals surface area (Å²) in [5.74, 6) is 0.478. The molecule has 0 aliphatic carbocycles. The van der Waals surface area contributed by atoms with Gasteiger partial charge in [-0.05, 0) is 36.2 Å². The predicted octanol–water partition coefficient (Wildman–Crippen LogP) is 3.62. The van der Waals surface area contributed by atoms with E-state index in [0.717, 1.165) is 30.3 Å². The van der Waals surface area contributed by atoms with Crippen LogP contribution in [0.5, 0.6) is 0 Å². The Morgan fingerprint density at radius 1 is 1.16 bits per heavy atom.